The Morgan fingerprint density at radius 1 is 1.24 bits per heavy atom. The number of hydrogen-bond donors (Lipinski definition) is 1. The van der Waals surface area contributed by atoms with Crippen LogP contribution in [0.1, 0.15) is 22.8 Å². The van der Waals surface area contributed by atoms with Gasteiger partial charge in [0.05, 0.1) is 13.7 Å². The molecular formula is C14H18F4O3. The maximum Gasteiger partial charge on any atom is 0.330 e. The van der Waals surface area contributed by atoms with Crippen LogP contribution in [0.15, 0.2) is 12.1 Å². The van der Waals surface area contributed by atoms with Gasteiger partial charge in [-0.15, -0.1) is 0 Å². The summed E-state index contributed by atoms with van der Waals surface area (Å²) in [4.78, 5) is 0. The lowest BCUT2D eigenvalue weighted by Crippen LogP contribution is -2.33. The summed E-state index contributed by atoms with van der Waals surface area (Å²) in [5.41, 5.74) is 2.00. The average molecular weight is 310 g/mol. The Kier molecular flexibility index (Phi) is 5.98. The summed E-state index contributed by atoms with van der Waals surface area (Å²) in [5.74, 6) is -3.84. The van der Waals surface area contributed by atoms with Crippen LogP contribution in [-0.2, 0) is 4.74 Å². The van der Waals surface area contributed by atoms with E-state index in [1.54, 1.807) is 19.1 Å². The standard InChI is InChI=1S/C14H18F4O3/c1-8-4-9(2)12(11(5-8)20-3)10(19)6-21-7-14(17,18)13(15)16/h4-5,10,13,19H,6-7H2,1-3H3. The zero-order chi connectivity index (χ0) is 16.2. The molecule has 0 aliphatic heterocycles. The van der Waals surface area contributed by atoms with Gasteiger partial charge in [-0.25, -0.2) is 8.78 Å². The van der Waals surface area contributed by atoms with Crippen LogP contribution in [0.4, 0.5) is 17.6 Å². The zero-order valence-corrected chi connectivity index (χ0v) is 12.0. The Bertz CT molecular complexity index is 478. The number of aliphatic hydroxyl groups is 1. The first-order valence-electron chi connectivity index (χ1n) is 6.26. The van der Waals surface area contributed by atoms with Gasteiger partial charge in [-0.3, -0.25) is 0 Å². The molecule has 1 aromatic rings. The molecule has 0 bridgehead atoms. The minimum atomic E-state index is -4.23. The van der Waals surface area contributed by atoms with Crippen LogP contribution >= 0.6 is 0 Å². The van der Waals surface area contributed by atoms with Crippen molar-refractivity contribution in [2.24, 2.45) is 0 Å². The van der Waals surface area contributed by atoms with Crippen molar-refractivity contribution in [3.05, 3.63) is 28.8 Å². The fraction of sp³-hybridized carbons (Fsp3) is 0.571. The van der Waals surface area contributed by atoms with Gasteiger partial charge in [-0.1, -0.05) is 6.07 Å². The molecule has 1 atom stereocenters. The van der Waals surface area contributed by atoms with Crippen LogP contribution in [-0.4, -0.2) is 37.8 Å². The highest BCUT2D eigenvalue weighted by Gasteiger charge is 2.41. The quantitative estimate of drug-likeness (QED) is 0.786. The molecule has 0 aromatic heterocycles. The molecular weight excluding hydrogens is 292 g/mol. The summed E-state index contributed by atoms with van der Waals surface area (Å²) in [7, 11) is 1.41. The van der Waals surface area contributed by atoms with Crippen molar-refractivity contribution >= 4 is 0 Å². The van der Waals surface area contributed by atoms with E-state index in [4.69, 9.17) is 4.74 Å². The molecule has 1 rings (SSSR count). The minimum Gasteiger partial charge on any atom is -0.496 e. The minimum absolute atomic E-state index is 0.392. The summed E-state index contributed by atoms with van der Waals surface area (Å²) in [6.07, 6.45) is -5.04. The van der Waals surface area contributed by atoms with Gasteiger partial charge in [0.15, 0.2) is 0 Å². The molecule has 21 heavy (non-hydrogen) atoms. The third kappa shape index (κ3) is 4.57. The van der Waals surface area contributed by atoms with Crippen LogP contribution in [0.5, 0.6) is 5.75 Å². The summed E-state index contributed by atoms with van der Waals surface area (Å²) in [6, 6.07) is 3.47. The molecule has 1 aromatic carbocycles. The predicted octanol–water partition coefficient (Wildman–Crippen LogP) is 3.26. The molecule has 0 heterocycles. The first-order valence-corrected chi connectivity index (χ1v) is 6.26. The van der Waals surface area contributed by atoms with Crippen molar-refractivity contribution in [1.29, 1.82) is 0 Å². The summed E-state index contributed by atoms with van der Waals surface area (Å²) >= 11 is 0. The van der Waals surface area contributed by atoms with E-state index < -0.39 is 31.7 Å². The smallest absolute Gasteiger partial charge is 0.330 e. The maximum absolute atomic E-state index is 12.7. The van der Waals surface area contributed by atoms with Crippen molar-refractivity contribution in [1.82, 2.24) is 0 Å². The van der Waals surface area contributed by atoms with E-state index in [1.807, 2.05) is 6.92 Å². The van der Waals surface area contributed by atoms with Crippen LogP contribution in [0.25, 0.3) is 0 Å². The van der Waals surface area contributed by atoms with E-state index in [0.29, 0.717) is 16.9 Å². The normalized spacial score (nSPS) is 13.6. The number of alkyl halides is 4. The van der Waals surface area contributed by atoms with Crippen molar-refractivity contribution in [2.45, 2.75) is 32.3 Å². The van der Waals surface area contributed by atoms with Crippen molar-refractivity contribution in [3.63, 3.8) is 0 Å². The molecule has 0 spiro atoms. The number of methoxy groups -OCH3 is 1. The molecule has 0 fully saturated rings. The highest BCUT2D eigenvalue weighted by Crippen LogP contribution is 2.31. The van der Waals surface area contributed by atoms with Crippen LogP contribution in [0.2, 0.25) is 0 Å². The summed E-state index contributed by atoms with van der Waals surface area (Å²) in [5, 5.41) is 10.0. The van der Waals surface area contributed by atoms with Crippen LogP contribution in [0, 0.1) is 13.8 Å². The Morgan fingerprint density at radius 3 is 2.38 bits per heavy atom. The molecule has 0 aliphatic carbocycles. The van der Waals surface area contributed by atoms with Gasteiger partial charge in [0.25, 0.3) is 0 Å². The first-order chi connectivity index (χ1) is 9.69. The van der Waals surface area contributed by atoms with Crippen molar-refractivity contribution in [2.75, 3.05) is 20.3 Å². The molecule has 0 saturated carbocycles. The average Bonchev–Trinajstić information content (AvgIpc) is 2.36. The van der Waals surface area contributed by atoms with Crippen LogP contribution in [0.3, 0.4) is 0 Å². The Balaban J connectivity index is 2.75. The van der Waals surface area contributed by atoms with E-state index in [-0.39, 0.29) is 0 Å². The highest BCUT2D eigenvalue weighted by molar-refractivity contribution is 5.44. The lowest BCUT2D eigenvalue weighted by molar-refractivity contribution is -0.170. The number of aliphatic hydroxyl groups excluding tert-OH is 1. The van der Waals surface area contributed by atoms with Gasteiger partial charge in [0, 0.05) is 5.56 Å². The summed E-state index contributed by atoms with van der Waals surface area (Å²) < 4.78 is 59.0. The third-order valence-electron chi connectivity index (χ3n) is 2.94. The number of benzene rings is 1. The first kappa shape index (κ1) is 17.7. The summed E-state index contributed by atoms with van der Waals surface area (Å²) in [6.45, 7) is 1.59. The topological polar surface area (TPSA) is 38.7 Å². The van der Waals surface area contributed by atoms with Crippen molar-refractivity contribution < 1.29 is 32.1 Å². The number of hydrogen-bond acceptors (Lipinski definition) is 3. The lowest BCUT2D eigenvalue weighted by atomic mass is 10.00. The van der Waals surface area contributed by atoms with Gasteiger partial charge < -0.3 is 14.6 Å². The second kappa shape index (κ2) is 7.09. The molecule has 0 amide bonds. The molecule has 0 aliphatic rings. The van der Waals surface area contributed by atoms with E-state index in [0.717, 1.165) is 5.56 Å². The van der Waals surface area contributed by atoms with Crippen molar-refractivity contribution in [3.8, 4) is 5.75 Å². The van der Waals surface area contributed by atoms with Gasteiger partial charge in [0.1, 0.15) is 18.5 Å². The Hall–Kier alpha value is -1.34. The number of ether oxygens (including phenoxy) is 2. The lowest BCUT2D eigenvalue weighted by Gasteiger charge is -2.20. The molecule has 120 valence electrons. The third-order valence-corrected chi connectivity index (χ3v) is 2.94. The molecule has 7 heteroatoms. The Morgan fingerprint density at radius 2 is 1.86 bits per heavy atom. The van der Waals surface area contributed by atoms with E-state index >= 15 is 0 Å². The van der Waals surface area contributed by atoms with Crippen LogP contribution < -0.4 is 4.74 Å². The Labute approximate surface area is 120 Å². The van der Waals surface area contributed by atoms with E-state index in [9.17, 15) is 22.7 Å². The van der Waals surface area contributed by atoms with Gasteiger partial charge in [-0.2, -0.15) is 8.78 Å². The molecule has 1 unspecified atom stereocenters. The zero-order valence-electron chi connectivity index (χ0n) is 12.0. The monoisotopic (exact) mass is 310 g/mol. The van der Waals surface area contributed by atoms with Gasteiger partial charge >= 0.3 is 12.3 Å². The SMILES string of the molecule is COc1cc(C)cc(C)c1C(O)COCC(F)(F)C(F)F. The number of rotatable bonds is 7. The molecule has 0 saturated heterocycles. The molecule has 1 N–H and O–H groups in total. The maximum atomic E-state index is 12.7. The largest absolute Gasteiger partial charge is 0.496 e. The van der Waals surface area contributed by atoms with Gasteiger partial charge in [0.2, 0.25) is 0 Å². The predicted molar refractivity (Wildman–Crippen MR) is 69.2 cm³/mol. The van der Waals surface area contributed by atoms with E-state index in [2.05, 4.69) is 4.74 Å². The fourth-order valence-corrected chi connectivity index (χ4v) is 1.99. The molecule has 3 nitrogen and oxygen atoms in total. The second-order valence-electron chi connectivity index (χ2n) is 4.79. The van der Waals surface area contributed by atoms with Gasteiger partial charge in [-0.05, 0) is 31.0 Å². The fourth-order valence-electron chi connectivity index (χ4n) is 1.99. The highest BCUT2D eigenvalue weighted by atomic mass is 19.3. The molecule has 0 radical (unpaired) electrons. The number of aryl methyl sites for hydroxylation is 2. The number of halogens is 4. The van der Waals surface area contributed by atoms with E-state index in [1.165, 1.54) is 7.11 Å². The second-order valence-corrected chi connectivity index (χ2v) is 4.79.